The summed E-state index contributed by atoms with van der Waals surface area (Å²) in [4.78, 5) is 49.6. The van der Waals surface area contributed by atoms with Gasteiger partial charge in [0.15, 0.2) is 0 Å². The number of furan rings is 1. The van der Waals surface area contributed by atoms with E-state index in [1.807, 2.05) is 50.4 Å². The van der Waals surface area contributed by atoms with E-state index in [-0.39, 0.29) is 42.2 Å². The largest absolute Gasteiger partial charge is 0.493 e. The highest BCUT2D eigenvalue weighted by atomic mass is 35.5. The number of aryl methyl sites for hydroxylation is 2. The Balaban J connectivity index is 0.00000300. The van der Waals surface area contributed by atoms with Gasteiger partial charge in [0.05, 0.1) is 23.4 Å². The molecule has 47 heavy (non-hydrogen) atoms. The third-order valence-electron chi connectivity index (χ3n) is 8.57. The lowest BCUT2D eigenvalue weighted by Gasteiger charge is -2.27. The summed E-state index contributed by atoms with van der Waals surface area (Å²) in [6.07, 6.45) is 5.21. The quantitative estimate of drug-likeness (QED) is 0.133. The Kier molecular flexibility index (Phi) is 12.7. The van der Waals surface area contributed by atoms with Crippen LogP contribution in [0.1, 0.15) is 51.1 Å². The maximum absolute atomic E-state index is 13.2. The lowest BCUT2D eigenvalue weighted by atomic mass is 9.90. The molecule has 12 heteroatoms. The average molecular weight is 687 g/mol. The lowest BCUT2D eigenvalue weighted by molar-refractivity contribution is -0.137. The number of fused-ring (bicyclic) bond motifs is 2. The standard InChI is InChI=1S/C35H43N5O5.2ClH/c1-7-28-25(11-9-15-36-28)23-38(18-19-39-17-14-31-27(32(39)41)21-24(3)45-31)16-10-20-44-26-12-13-29-30(22-26)37(6)33(42)35(4,5)34(43)40(29)8-2;;/h9,11-15,17,21-22H,7-8,10,16,18-20,23H2,1-6H3;2*1H. The zero-order chi connectivity index (χ0) is 32.3. The first-order valence-electron chi connectivity index (χ1n) is 15.7. The van der Waals surface area contributed by atoms with Gasteiger partial charge in [-0.3, -0.25) is 24.3 Å². The van der Waals surface area contributed by atoms with Gasteiger partial charge in [0.2, 0.25) is 11.8 Å². The molecule has 0 unspecified atom stereocenters. The topological polar surface area (TPSA) is 101 Å². The summed E-state index contributed by atoms with van der Waals surface area (Å²) in [5.74, 6) is 0.897. The maximum Gasteiger partial charge on any atom is 0.261 e. The van der Waals surface area contributed by atoms with Crippen LogP contribution in [0.3, 0.4) is 0 Å². The Bertz CT molecular complexity index is 1770. The summed E-state index contributed by atoms with van der Waals surface area (Å²) >= 11 is 0. The monoisotopic (exact) mass is 685 g/mol. The van der Waals surface area contributed by atoms with Gasteiger partial charge >= 0.3 is 0 Å². The number of carbonyl (C=O) groups excluding carboxylic acids is 2. The van der Waals surface area contributed by atoms with Gasteiger partial charge in [0, 0.05) is 63.9 Å². The number of halogens is 2. The van der Waals surface area contributed by atoms with E-state index in [2.05, 4.69) is 22.9 Å². The molecule has 0 spiro atoms. The molecule has 3 aromatic heterocycles. The summed E-state index contributed by atoms with van der Waals surface area (Å²) in [5.41, 5.74) is 2.99. The summed E-state index contributed by atoms with van der Waals surface area (Å²) in [7, 11) is 1.71. The van der Waals surface area contributed by atoms with Crippen molar-refractivity contribution in [3.63, 3.8) is 0 Å². The van der Waals surface area contributed by atoms with Crippen LogP contribution in [0.5, 0.6) is 5.75 Å². The minimum atomic E-state index is -1.16. The number of rotatable bonds is 12. The highest BCUT2D eigenvalue weighted by Crippen LogP contribution is 2.40. The van der Waals surface area contributed by atoms with E-state index >= 15 is 0 Å². The number of hydrogen-bond donors (Lipinski definition) is 0. The molecule has 0 aliphatic carbocycles. The Morgan fingerprint density at radius 1 is 0.979 bits per heavy atom. The highest BCUT2D eigenvalue weighted by molar-refractivity contribution is 6.20. The molecule has 4 heterocycles. The molecule has 0 saturated carbocycles. The molecule has 10 nitrogen and oxygen atoms in total. The predicted molar refractivity (Wildman–Crippen MR) is 190 cm³/mol. The Hall–Kier alpha value is -3.86. The van der Waals surface area contributed by atoms with Crippen LogP contribution >= 0.6 is 24.8 Å². The second-order valence-corrected chi connectivity index (χ2v) is 12.1. The number of pyridine rings is 2. The fourth-order valence-corrected chi connectivity index (χ4v) is 6.02. The van der Waals surface area contributed by atoms with Crippen LogP contribution < -0.4 is 20.1 Å². The molecule has 0 fully saturated rings. The molecule has 254 valence electrons. The third kappa shape index (κ3) is 7.83. The van der Waals surface area contributed by atoms with Crippen molar-refractivity contribution in [1.29, 1.82) is 0 Å². The molecule has 1 aliphatic heterocycles. The lowest BCUT2D eigenvalue weighted by Crippen LogP contribution is -2.47. The smallest absolute Gasteiger partial charge is 0.261 e. The van der Waals surface area contributed by atoms with Crippen LogP contribution in [-0.2, 0) is 29.1 Å². The zero-order valence-electron chi connectivity index (χ0n) is 27.9. The van der Waals surface area contributed by atoms with Crippen molar-refractivity contribution in [2.45, 2.75) is 60.5 Å². The van der Waals surface area contributed by atoms with Crippen LogP contribution in [-0.4, -0.2) is 59.6 Å². The number of ether oxygens (including phenoxy) is 1. The number of carbonyl (C=O) groups is 2. The van der Waals surface area contributed by atoms with E-state index in [9.17, 15) is 14.4 Å². The van der Waals surface area contributed by atoms with Crippen molar-refractivity contribution in [3.05, 3.63) is 82.2 Å². The van der Waals surface area contributed by atoms with Crippen LogP contribution in [0.4, 0.5) is 11.4 Å². The van der Waals surface area contributed by atoms with Crippen LogP contribution in [0.2, 0.25) is 0 Å². The molecule has 0 atom stereocenters. The van der Waals surface area contributed by atoms with Gasteiger partial charge in [0.25, 0.3) is 5.56 Å². The second-order valence-electron chi connectivity index (χ2n) is 12.1. The van der Waals surface area contributed by atoms with E-state index in [0.29, 0.717) is 60.9 Å². The number of benzene rings is 1. The van der Waals surface area contributed by atoms with Crippen LogP contribution in [0.15, 0.2) is 64.1 Å². The van der Waals surface area contributed by atoms with E-state index in [1.165, 1.54) is 5.56 Å². The minimum absolute atomic E-state index is 0. The van der Waals surface area contributed by atoms with Crippen molar-refractivity contribution >= 4 is 59.0 Å². The fraction of sp³-hybridized carbons (Fsp3) is 0.429. The number of nitrogens with zero attached hydrogens (tertiary/aromatic N) is 5. The second kappa shape index (κ2) is 15.8. The normalized spacial score (nSPS) is 14.1. The van der Waals surface area contributed by atoms with Crippen LogP contribution in [0.25, 0.3) is 11.0 Å². The highest BCUT2D eigenvalue weighted by Gasteiger charge is 2.45. The molecule has 2 amide bonds. The summed E-state index contributed by atoms with van der Waals surface area (Å²) in [5, 5.41) is 0.596. The Morgan fingerprint density at radius 2 is 1.74 bits per heavy atom. The molecular formula is C35H45Cl2N5O5. The van der Waals surface area contributed by atoms with Gasteiger partial charge < -0.3 is 23.5 Å². The van der Waals surface area contributed by atoms with Gasteiger partial charge in [-0.15, -0.1) is 24.8 Å². The van der Waals surface area contributed by atoms with Crippen molar-refractivity contribution in [2.24, 2.45) is 5.41 Å². The van der Waals surface area contributed by atoms with Crippen molar-refractivity contribution < 1.29 is 18.7 Å². The first-order valence-corrected chi connectivity index (χ1v) is 15.7. The van der Waals surface area contributed by atoms with Crippen LogP contribution in [0, 0.1) is 12.3 Å². The molecular weight excluding hydrogens is 641 g/mol. The Labute approximate surface area is 288 Å². The minimum Gasteiger partial charge on any atom is -0.493 e. The van der Waals surface area contributed by atoms with E-state index in [1.54, 1.807) is 47.5 Å². The molecule has 0 bridgehead atoms. The van der Waals surface area contributed by atoms with Gasteiger partial charge in [-0.2, -0.15) is 0 Å². The zero-order valence-corrected chi connectivity index (χ0v) is 29.6. The number of amides is 2. The summed E-state index contributed by atoms with van der Waals surface area (Å²) < 4.78 is 13.5. The van der Waals surface area contributed by atoms with Gasteiger partial charge in [-0.25, -0.2) is 0 Å². The Morgan fingerprint density at radius 3 is 2.47 bits per heavy atom. The van der Waals surface area contributed by atoms with Crippen molar-refractivity contribution in [1.82, 2.24) is 14.5 Å². The molecule has 1 aliphatic rings. The fourth-order valence-electron chi connectivity index (χ4n) is 6.02. The molecule has 0 radical (unpaired) electrons. The number of anilines is 2. The maximum atomic E-state index is 13.2. The van der Waals surface area contributed by atoms with E-state index < -0.39 is 5.41 Å². The van der Waals surface area contributed by atoms with Gasteiger partial charge in [-0.1, -0.05) is 13.0 Å². The molecule has 0 N–H and O–H groups in total. The summed E-state index contributed by atoms with van der Waals surface area (Å²) in [6.45, 7) is 12.8. The molecule has 0 saturated heterocycles. The average Bonchev–Trinajstić information content (AvgIpc) is 3.41. The van der Waals surface area contributed by atoms with Gasteiger partial charge in [0.1, 0.15) is 22.5 Å². The molecule has 1 aromatic carbocycles. The first-order chi connectivity index (χ1) is 21.5. The van der Waals surface area contributed by atoms with Gasteiger partial charge in [-0.05, 0) is 76.4 Å². The van der Waals surface area contributed by atoms with Crippen molar-refractivity contribution in [2.75, 3.05) is 43.1 Å². The van der Waals surface area contributed by atoms with E-state index in [4.69, 9.17) is 9.15 Å². The predicted octanol–water partition coefficient (Wildman–Crippen LogP) is 6.03. The number of aromatic nitrogens is 2. The van der Waals surface area contributed by atoms with E-state index in [0.717, 1.165) is 30.8 Å². The number of hydrogen-bond acceptors (Lipinski definition) is 7. The van der Waals surface area contributed by atoms with Crippen molar-refractivity contribution in [3.8, 4) is 5.75 Å². The summed E-state index contributed by atoms with van der Waals surface area (Å²) in [6, 6.07) is 13.3. The molecule has 5 rings (SSSR count). The molecule has 4 aromatic rings. The SMILES string of the molecule is CCc1ncccc1CN(CCCOc1ccc2c(c1)N(C)C(=O)C(C)(C)C(=O)N2CC)CCn1ccc2oc(C)cc2c1=O.Cl.Cl. The third-order valence-corrected chi connectivity index (χ3v) is 8.57. The first kappa shape index (κ1) is 37.6.